The van der Waals surface area contributed by atoms with Gasteiger partial charge in [-0.3, -0.25) is 4.79 Å². The topological polar surface area (TPSA) is 111 Å². The molecule has 0 spiro atoms. The number of thioether (sulfide) groups is 1. The molecule has 0 unspecified atom stereocenters. The summed E-state index contributed by atoms with van der Waals surface area (Å²) in [6, 6.07) is 10.7. The molecule has 3 N–H and O–H groups in total. The third-order valence-corrected chi connectivity index (χ3v) is 3.81. The second kappa shape index (κ2) is 6.02. The molecule has 0 saturated carbocycles. The molecule has 2 heterocycles. The maximum absolute atomic E-state index is 11.4. The Morgan fingerprint density at radius 2 is 2.05 bits per heavy atom. The molecule has 0 aliphatic carbocycles. The summed E-state index contributed by atoms with van der Waals surface area (Å²) in [6.45, 7) is 1.89. The zero-order valence-corrected chi connectivity index (χ0v) is 12.5. The average molecular weight is 315 g/mol. The molecule has 0 bridgehead atoms. The van der Waals surface area contributed by atoms with Gasteiger partial charge in [-0.15, -0.1) is 10.2 Å². The van der Waals surface area contributed by atoms with Crippen molar-refractivity contribution in [1.29, 1.82) is 0 Å². The van der Waals surface area contributed by atoms with Crippen molar-refractivity contribution in [1.82, 2.24) is 20.2 Å². The first-order valence-electron chi connectivity index (χ1n) is 6.54. The summed E-state index contributed by atoms with van der Waals surface area (Å²) in [7, 11) is 0. The van der Waals surface area contributed by atoms with Crippen LogP contribution in [0.5, 0.6) is 0 Å². The van der Waals surface area contributed by atoms with Crippen LogP contribution in [0.4, 0.5) is 5.82 Å². The van der Waals surface area contributed by atoms with Gasteiger partial charge < -0.3 is 15.1 Å². The number of H-pyrrole nitrogens is 1. The van der Waals surface area contributed by atoms with Crippen molar-refractivity contribution in [3.63, 3.8) is 0 Å². The Kier molecular flexibility index (Phi) is 3.92. The molecule has 7 nitrogen and oxygen atoms in total. The monoisotopic (exact) mass is 315 g/mol. The number of hydrogen-bond acceptors (Lipinski definition) is 7. The second-order valence-corrected chi connectivity index (χ2v) is 5.88. The zero-order valence-electron chi connectivity index (χ0n) is 11.7. The molecule has 0 amide bonds. The van der Waals surface area contributed by atoms with E-state index in [0.717, 1.165) is 5.56 Å². The summed E-state index contributed by atoms with van der Waals surface area (Å²) in [5.74, 6) is 1.08. The predicted molar refractivity (Wildman–Crippen MR) is 83.3 cm³/mol. The number of nitrogens with one attached hydrogen (secondary N) is 1. The highest BCUT2D eigenvalue weighted by Gasteiger charge is 2.17. The van der Waals surface area contributed by atoms with Crippen LogP contribution in [0.3, 0.4) is 0 Å². The van der Waals surface area contributed by atoms with Gasteiger partial charge in [-0.25, -0.2) is 4.98 Å². The smallest absolute Gasteiger partial charge is 0.253 e. The van der Waals surface area contributed by atoms with E-state index in [-0.39, 0.29) is 16.6 Å². The van der Waals surface area contributed by atoms with E-state index >= 15 is 0 Å². The number of anilines is 1. The van der Waals surface area contributed by atoms with E-state index in [9.17, 15) is 4.79 Å². The van der Waals surface area contributed by atoms with E-state index in [1.165, 1.54) is 17.8 Å². The Bertz CT molecular complexity index is 831. The maximum atomic E-state index is 11.4. The van der Waals surface area contributed by atoms with Crippen LogP contribution in [0.25, 0.3) is 11.5 Å². The number of benzene rings is 1. The van der Waals surface area contributed by atoms with Crippen LogP contribution in [0.2, 0.25) is 0 Å². The van der Waals surface area contributed by atoms with Gasteiger partial charge in [0.15, 0.2) is 5.16 Å². The van der Waals surface area contributed by atoms with Gasteiger partial charge in [0, 0.05) is 11.6 Å². The number of aromatic nitrogens is 4. The summed E-state index contributed by atoms with van der Waals surface area (Å²) in [6.07, 6.45) is 0. The Hall–Kier alpha value is -2.61. The molecule has 0 radical (unpaired) electrons. The van der Waals surface area contributed by atoms with E-state index in [0.29, 0.717) is 16.9 Å². The lowest BCUT2D eigenvalue weighted by Gasteiger charge is -2.05. The number of nitrogens with two attached hydrogens (primary N) is 1. The lowest BCUT2D eigenvalue weighted by molar-refractivity contribution is 0.509. The molecule has 22 heavy (non-hydrogen) atoms. The minimum absolute atomic E-state index is 0.171. The van der Waals surface area contributed by atoms with Crippen LogP contribution < -0.4 is 11.3 Å². The van der Waals surface area contributed by atoms with E-state index in [4.69, 9.17) is 10.2 Å². The highest BCUT2D eigenvalue weighted by atomic mass is 32.2. The van der Waals surface area contributed by atoms with Gasteiger partial charge in [-0.1, -0.05) is 30.0 Å². The van der Waals surface area contributed by atoms with Crippen molar-refractivity contribution in [2.75, 3.05) is 5.73 Å². The molecular formula is C14H13N5O2S. The number of hydrogen-bond donors (Lipinski definition) is 2. The minimum Gasteiger partial charge on any atom is -0.419 e. The van der Waals surface area contributed by atoms with E-state index in [1.54, 1.807) is 0 Å². The molecule has 1 aromatic carbocycles. The fraction of sp³-hybridized carbons (Fsp3) is 0.143. The van der Waals surface area contributed by atoms with E-state index < -0.39 is 0 Å². The van der Waals surface area contributed by atoms with Crippen LogP contribution >= 0.6 is 11.8 Å². The lowest BCUT2D eigenvalue weighted by Crippen LogP contribution is -2.09. The van der Waals surface area contributed by atoms with Gasteiger partial charge in [-0.2, -0.15) is 0 Å². The number of aromatic amines is 1. The van der Waals surface area contributed by atoms with E-state index in [2.05, 4.69) is 20.2 Å². The number of nitrogens with zero attached hydrogens (tertiary/aromatic N) is 3. The Labute approximate surface area is 130 Å². The SMILES string of the molecule is C[C@H](Sc1nc(N)cc(=O)[nH]1)c1nnc(-c2ccccc2)o1. The molecular weight excluding hydrogens is 302 g/mol. The van der Waals surface area contributed by atoms with Gasteiger partial charge in [0.1, 0.15) is 5.82 Å². The van der Waals surface area contributed by atoms with Crippen LogP contribution in [0, 0.1) is 0 Å². The van der Waals surface area contributed by atoms with Gasteiger partial charge in [0.05, 0.1) is 5.25 Å². The third kappa shape index (κ3) is 3.17. The quantitative estimate of drug-likeness (QED) is 0.561. The summed E-state index contributed by atoms with van der Waals surface area (Å²) >= 11 is 1.29. The van der Waals surface area contributed by atoms with Crippen molar-refractivity contribution < 1.29 is 4.42 Å². The summed E-state index contributed by atoms with van der Waals surface area (Å²) < 4.78 is 5.67. The van der Waals surface area contributed by atoms with Gasteiger partial charge in [0.25, 0.3) is 5.56 Å². The van der Waals surface area contributed by atoms with Crippen molar-refractivity contribution in [3.8, 4) is 11.5 Å². The third-order valence-electron chi connectivity index (χ3n) is 2.84. The zero-order chi connectivity index (χ0) is 15.5. The van der Waals surface area contributed by atoms with Gasteiger partial charge in [0.2, 0.25) is 11.8 Å². The first kappa shape index (κ1) is 14.3. The molecule has 0 saturated heterocycles. The highest BCUT2D eigenvalue weighted by molar-refractivity contribution is 7.99. The Balaban J connectivity index is 1.79. The van der Waals surface area contributed by atoms with Crippen LogP contribution in [-0.2, 0) is 0 Å². The van der Waals surface area contributed by atoms with E-state index in [1.807, 2.05) is 37.3 Å². The van der Waals surface area contributed by atoms with Gasteiger partial charge in [-0.05, 0) is 19.1 Å². The highest BCUT2D eigenvalue weighted by Crippen LogP contribution is 2.32. The molecule has 1 atom stereocenters. The Morgan fingerprint density at radius 1 is 1.27 bits per heavy atom. The molecule has 0 aliphatic heterocycles. The maximum Gasteiger partial charge on any atom is 0.253 e. The van der Waals surface area contributed by atoms with Gasteiger partial charge >= 0.3 is 0 Å². The molecule has 3 aromatic rings. The fourth-order valence-electron chi connectivity index (χ4n) is 1.82. The van der Waals surface area contributed by atoms with Crippen molar-refractivity contribution >= 4 is 17.6 Å². The lowest BCUT2D eigenvalue weighted by atomic mass is 10.2. The molecule has 3 rings (SSSR count). The Morgan fingerprint density at radius 3 is 2.77 bits per heavy atom. The number of nitrogen functional groups attached to an aromatic ring is 1. The van der Waals surface area contributed by atoms with Crippen LogP contribution in [-0.4, -0.2) is 20.2 Å². The predicted octanol–water partition coefficient (Wildman–Crippen LogP) is 2.26. The fourth-order valence-corrected chi connectivity index (χ4v) is 2.67. The largest absolute Gasteiger partial charge is 0.419 e. The molecule has 8 heteroatoms. The molecule has 0 aliphatic rings. The summed E-state index contributed by atoms with van der Waals surface area (Å²) in [4.78, 5) is 18.1. The minimum atomic E-state index is -0.294. The second-order valence-electron chi connectivity index (χ2n) is 4.55. The van der Waals surface area contributed by atoms with Crippen LogP contribution in [0.15, 0.2) is 50.8 Å². The van der Waals surface area contributed by atoms with Crippen molar-refractivity contribution in [2.24, 2.45) is 0 Å². The molecule has 0 fully saturated rings. The average Bonchev–Trinajstić information content (AvgIpc) is 2.97. The summed E-state index contributed by atoms with van der Waals surface area (Å²) in [5.41, 5.74) is 6.12. The molecule has 112 valence electrons. The standard InChI is InChI=1S/C14H13N5O2S/c1-8(22-14-16-10(15)7-11(20)17-14)12-18-19-13(21-12)9-5-3-2-4-6-9/h2-8H,1H3,(H3,15,16,17,20)/t8-/m0/s1. The molecule has 2 aromatic heterocycles. The number of rotatable bonds is 4. The summed E-state index contributed by atoms with van der Waals surface area (Å²) in [5, 5.41) is 8.32. The van der Waals surface area contributed by atoms with Crippen molar-refractivity contribution in [3.05, 3.63) is 52.6 Å². The normalized spacial score (nSPS) is 12.2. The first-order chi connectivity index (χ1) is 10.6. The van der Waals surface area contributed by atoms with Crippen molar-refractivity contribution in [2.45, 2.75) is 17.3 Å². The van der Waals surface area contributed by atoms with Crippen LogP contribution in [0.1, 0.15) is 18.1 Å². The first-order valence-corrected chi connectivity index (χ1v) is 7.42.